The molecule has 1 rings (SSSR count). The predicted molar refractivity (Wildman–Crippen MR) is 41.9 cm³/mol. The van der Waals surface area contributed by atoms with Gasteiger partial charge < -0.3 is 0 Å². The van der Waals surface area contributed by atoms with Gasteiger partial charge in [-0.15, -0.1) is 11.6 Å². The molecule has 1 aliphatic rings. The molecule has 1 aliphatic carbocycles. The summed E-state index contributed by atoms with van der Waals surface area (Å²) in [5, 5.41) is 0. The summed E-state index contributed by atoms with van der Waals surface area (Å²) in [6, 6.07) is 0. The molecule has 9 heavy (non-hydrogen) atoms. The Labute approximate surface area is 61.9 Å². The Morgan fingerprint density at radius 2 is 2.33 bits per heavy atom. The van der Waals surface area contributed by atoms with Gasteiger partial charge in [-0.05, 0) is 33.1 Å². The van der Waals surface area contributed by atoms with Gasteiger partial charge in [0.25, 0.3) is 0 Å². The van der Waals surface area contributed by atoms with E-state index in [0.29, 0.717) is 0 Å². The Kier molecular flexibility index (Phi) is 1.85. The van der Waals surface area contributed by atoms with Crippen molar-refractivity contribution in [2.45, 2.75) is 38.0 Å². The standard InChI is InChI=1S/C8H13Cl/c1-7-3-5-8(2,9)6-4-7/h3H,4-6H2,1-2H3. The second-order valence-corrected chi connectivity index (χ2v) is 4.08. The van der Waals surface area contributed by atoms with E-state index in [1.165, 1.54) is 12.0 Å². The fourth-order valence-corrected chi connectivity index (χ4v) is 1.22. The molecule has 1 unspecified atom stereocenters. The summed E-state index contributed by atoms with van der Waals surface area (Å²) in [6.07, 6.45) is 5.60. The van der Waals surface area contributed by atoms with Gasteiger partial charge in [0.1, 0.15) is 0 Å². The van der Waals surface area contributed by atoms with Crippen LogP contribution in [0.5, 0.6) is 0 Å². The predicted octanol–water partition coefficient (Wildman–Crippen LogP) is 3.11. The van der Waals surface area contributed by atoms with Crippen LogP contribution in [-0.2, 0) is 0 Å². The lowest BCUT2D eigenvalue weighted by Gasteiger charge is -2.24. The molecule has 0 saturated carbocycles. The molecule has 0 aromatic carbocycles. The zero-order chi connectivity index (χ0) is 6.91. The van der Waals surface area contributed by atoms with Crippen molar-refractivity contribution in [1.29, 1.82) is 0 Å². The van der Waals surface area contributed by atoms with E-state index in [9.17, 15) is 0 Å². The minimum atomic E-state index is 0.0551. The average Bonchev–Trinajstić information content (AvgIpc) is 1.78. The van der Waals surface area contributed by atoms with Gasteiger partial charge in [-0.25, -0.2) is 0 Å². The molecule has 0 aromatic heterocycles. The van der Waals surface area contributed by atoms with E-state index in [1.807, 2.05) is 0 Å². The first-order valence-electron chi connectivity index (χ1n) is 3.45. The molecule has 0 saturated heterocycles. The van der Waals surface area contributed by atoms with Crippen LogP contribution in [0.15, 0.2) is 11.6 Å². The van der Waals surface area contributed by atoms with Crippen molar-refractivity contribution < 1.29 is 0 Å². The highest BCUT2D eigenvalue weighted by Crippen LogP contribution is 2.32. The second kappa shape index (κ2) is 2.34. The fourth-order valence-electron chi connectivity index (χ4n) is 1.05. The van der Waals surface area contributed by atoms with Gasteiger partial charge in [0, 0.05) is 4.87 Å². The van der Waals surface area contributed by atoms with Crippen molar-refractivity contribution in [3.63, 3.8) is 0 Å². The normalized spacial score (nSPS) is 36.1. The number of allylic oxidation sites excluding steroid dienone is 2. The maximum Gasteiger partial charge on any atom is 0.0456 e. The number of halogens is 1. The molecular formula is C8H13Cl. The van der Waals surface area contributed by atoms with Crippen LogP contribution in [0.2, 0.25) is 0 Å². The van der Waals surface area contributed by atoms with Crippen LogP contribution in [0.3, 0.4) is 0 Å². The number of rotatable bonds is 0. The van der Waals surface area contributed by atoms with Gasteiger partial charge in [-0.3, -0.25) is 0 Å². The van der Waals surface area contributed by atoms with Crippen LogP contribution >= 0.6 is 11.6 Å². The summed E-state index contributed by atoms with van der Waals surface area (Å²) in [4.78, 5) is 0.0551. The summed E-state index contributed by atoms with van der Waals surface area (Å²) in [5.74, 6) is 0. The van der Waals surface area contributed by atoms with Crippen molar-refractivity contribution in [2.75, 3.05) is 0 Å². The van der Waals surface area contributed by atoms with Crippen molar-refractivity contribution in [1.82, 2.24) is 0 Å². The van der Waals surface area contributed by atoms with E-state index in [0.717, 1.165) is 12.8 Å². The molecule has 0 amide bonds. The van der Waals surface area contributed by atoms with Gasteiger partial charge in [0.15, 0.2) is 0 Å². The van der Waals surface area contributed by atoms with Crippen LogP contribution in [0.4, 0.5) is 0 Å². The number of hydrogen-bond donors (Lipinski definition) is 0. The van der Waals surface area contributed by atoms with E-state index < -0.39 is 0 Å². The summed E-state index contributed by atoms with van der Waals surface area (Å²) in [7, 11) is 0. The largest absolute Gasteiger partial charge is 0.119 e. The highest BCUT2D eigenvalue weighted by molar-refractivity contribution is 6.23. The summed E-state index contributed by atoms with van der Waals surface area (Å²) < 4.78 is 0. The van der Waals surface area contributed by atoms with Crippen LogP contribution in [0, 0.1) is 0 Å². The van der Waals surface area contributed by atoms with Gasteiger partial charge >= 0.3 is 0 Å². The lowest BCUT2D eigenvalue weighted by molar-refractivity contribution is 0.553. The first-order chi connectivity index (χ1) is 4.10. The Bertz CT molecular complexity index is 134. The molecule has 1 atom stereocenters. The van der Waals surface area contributed by atoms with Gasteiger partial charge in [-0.1, -0.05) is 11.6 Å². The van der Waals surface area contributed by atoms with Gasteiger partial charge in [0.2, 0.25) is 0 Å². The Hall–Kier alpha value is 0.0300. The Balaban J connectivity index is 2.56. The van der Waals surface area contributed by atoms with Crippen molar-refractivity contribution in [3.8, 4) is 0 Å². The molecule has 0 fully saturated rings. The first-order valence-corrected chi connectivity index (χ1v) is 3.82. The molecular weight excluding hydrogens is 132 g/mol. The number of hydrogen-bond acceptors (Lipinski definition) is 0. The molecule has 0 N–H and O–H groups in total. The zero-order valence-electron chi connectivity index (χ0n) is 6.08. The maximum absolute atomic E-state index is 6.09. The number of alkyl halides is 1. The molecule has 1 heteroatoms. The molecule has 0 aliphatic heterocycles. The summed E-state index contributed by atoms with van der Waals surface area (Å²) >= 11 is 6.09. The topological polar surface area (TPSA) is 0 Å². The van der Waals surface area contributed by atoms with E-state index in [2.05, 4.69) is 19.9 Å². The SMILES string of the molecule is CC1=CCC(C)(Cl)CC1. The van der Waals surface area contributed by atoms with E-state index in [-0.39, 0.29) is 4.87 Å². The third-order valence-corrected chi connectivity index (χ3v) is 2.26. The second-order valence-electron chi connectivity index (χ2n) is 3.17. The molecule has 0 nitrogen and oxygen atoms in total. The molecule has 0 bridgehead atoms. The smallest absolute Gasteiger partial charge is 0.0456 e. The van der Waals surface area contributed by atoms with Crippen LogP contribution in [-0.4, -0.2) is 4.87 Å². The molecule has 0 spiro atoms. The quantitative estimate of drug-likeness (QED) is 0.362. The van der Waals surface area contributed by atoms with E-state index in [4.69, 9.17) is 11.6 Å². The molecule has 0 heterocycles. The summed E-state index contributed by atoms with van der Waals surface area (Å²) in [5.41, 5.74) is 1.49. The van der Waals surface area contributed by atoms with Gasteiger partial charge in [0.05, 0.1) is 0 Å². The third-order valence-electron chi connectivity index (χ3n) is 1.92. The fraction of sp³-hybridized carbons (Fsp3) is 0.750. The molecule has 0 radical (unpaired) electrons. The maximum atomic E-state index is 6.09. The van der Waals surface area contributed by atoms with Gasteiger partial charge in [-0.2, -0.15) is 0 Å². The Morgan fingerprint density at radius 3 is 2.67 bits per heavy atom. The van der Waals surface area contributed by atoms with Crippen molar-refractivity contribution >= 4 is 11.6 Å². The lowest BCUT2D eigenvalue weighted by Crippen LogP contribution is -2.18. The van der Waals surface area contributed by atoms with Crippen LogP contribution in [0.1, 0.15) is 33.1 Å². The Morgan fingerprint density at radius 1 is 1.67 bits per heavy atom. The van der Waals surface area contributed by atoms with Crippen molar-refractivity contribution in [2.24, 2.45) is 0 Å². The zero-order valence-corrected chi connectivity index (χ0v) is 6.83. The van der Waals surface area contributed by atoms with Crippen LogP contribution in [0.25, 0.3) is 0 Å². The van der Waals surface area contributed by atoms with E-state index in [1.54, 1.807) is 0 Å². The summed E-state index contributed by atoms with van der Waals surface area (Å²) in [6.45, 7) is 4.28. The van der Waals surface area contributed by atoms with E-state index >= 15 is 0 Å². The highest BCUT2D eigenvalue weighted by atomic mass is 35.5. The molecule has 52 valence electrons. The average molecular weight is 145 g/mol. The minimum absolute atomic E-state index is 0.0551. The third kappa shape index (κ3) is 2.02. The lowest BCUT2D eigenvalue weighted by atomic mass is 9.91. The first kappa shape index (κ1) is 7.14. The van der Waals surface area contributed by atoms with Crippen LogP contribution < -0.4 is 0 Å². The minimum Gasteiger partial charge on any atom is -0.119 e. The molecule has 0 aromatic rings. The highest BCUT2D eigenvalue weighted by Gasteiger charge is 2.21. The van der Waals surface area contributed by atoms with Crippen molar-refractivity contribution in [3.05, 3.63) is 11.6 Å². The monoisotopic (exact) mass is 144 g/mol.